The molecule has 0 aliphatic carbocycles. The van der Waals surface area contributed by atoms with Crippen LogP contribution in [0, 0.1) is 5.92 Å². The summed E-state index contributed by atoms with van der Waals surface area (Å²) < 4.78 is 5.09. The highest BCUT2D eigenvalue weighted by molar-refractivity contribution is 6.31. The van der Waals surface area contributed by atoms with E-state index in [1.165, 1.54) is 0 Å². The van der Waals surface area contributed by atoms with Crippen LogP contribution in [0.1, 0.15) is 38.3 Å². The third-order valence-corrected chi connectivity index (χ3v) is 4.59. The van der Waals surface area contributed by atoms with Gasteiger partial charge in [0.05, 0.1) is 25.1 Å². The monoisotopic (exact) mass is 352 g/mol. The number of amides is 1. The zero-order valence-corrected chi connectivity index (χ0v) is 15.0. The normalized spacial score (nSPS) is 19.5. The SMILES string of the molecule is CCOC(=O)C1CCCN(CC(=O)NC(C)c2ccccc2Cl)C1. The van der Waals surface area contributed by atoms with Crippen molar-refractivity contribution < 1.29 is 14.3 Å². The highest BCUT2D eigenvalue weighted by Crippen LogP contribution is 2.22. The van der Waals surface area contributed by atoms with E-state index in [4.69, 9.17) is 16.3 Å². The molecule has 1 fully saturated rings. The molecule has 1 heterocycles. The summed E-state index contributed by atoms with van der Waals surface area (Å²) in [4.78, 5) is 26.2. The first-order chi connectivity index (χ1) is 11.5. The zero-order valence-electron chi connectivity index (χ0n) is 14.3. The molecule has 0 spiro atoms. The lowest BCUT2D eigenvalue weighted by atomic mass is 9.98. The third kappa shape index (κ3) is 5.21. The van der Waals surface area contributed by atoms with Gasteiger partial charge in [-0.25, -0.2) is 0 Å². The molecule has 1 aliphatic heterocycles. The van der Waals surface area contributed by atoms with Gasteiger partial charge in [-0.3, -0.25) is 14.5 Å². The maximum atomic E-state index is 12.3. The van der Waals surface area contributed by atoms with Crippen LogP contribution >= 0.6 is 11.6 Å². The molecule has 0 aromatic heterocycles. The Morgan fingerprint density at radius 2 is 2.17 bits per heavy atom. The van der Waals surface area contributed by atoms with Gasteiger partial charge in [-0.15, -0.1) is 0 Å². The average molecular weight is 353 g/mol. The van der Waals surface area contributed by atoms with Crippen molar-refractivity contribution in [1.82, 2.24) is 10.2 Å². The number of hydrogen-bond acceptors (Lipinski definition) is 4. The van der Waals surface area contributed by atoms with E-state index < -0.39 is 0 Å². The second-order valence-corrected chi connectivity index (χ2v) is 6.54. The molecule has 1 aromatic rings. The van der Waals surface area contributed by atoms with E-state index in [-0.39, 0.29) is 30.4 Å². The van der Waals surface area contributed by atoms with Gasteiger partial charge in [-0.2, -0.15) is 0 Å². The minimum Gasteiger partial charge on any atom is -0.466 e. The summed E-state index contributed by atoms with van der Waals surface area (Å²) in [5, 5.41) is 3.62. The summed E-state index contributed by atoms with van der Waals surface area (Å²) in [6.45, 7) is 5.80. The van der Waals surface area contributed by atoms with Crippen molar-refractivity contribution in [3.63, 3.8) is 0 Å². The van der Waals surface area contributed by atoms with Crippen molar-refractivity contribution in [3.8, 4) is 0 Å². The van der Waals surface area contributed by atoms with Gasteiger partial charge < -0.3 is 10.1 Å². The van der Waals surface area contributed by atoms with E-state index in [0.29, 0.717) is 18.2 Å². The van der Waals surface area contributed by atoms with Gasteiger partial charge in [0.15, 0.2) is 0 Å². The number of esters is 1. The Hall–Kier alpha value is -1.59. The zero-order chi connectivity index (χ0) is 17.5. The lowest BCUT2D eigenvalue weighted by Gasteiger charge is -2.31. The number of benzene rings is 1. The smallest absolute Gasteiger partial charge is 0.310 e. The molecule has 1 aromatic carbocycles. The number of carbonyl (C=O) groups is 2. The van der Waals surface area contributed by atoms with E-state index in [9.17, 15) is 9.59 Å². The van der Waals surface area contributed by atoms with Crippen LogP contribution in [-0.4, -0.2) is 43.0 Å². The van der Waals surface area contributed by atoms with Crippen LogP contribution in [0.3, 0.4) is 0 Å². The molecule has 2 unspecified atom stereocenters. The fourth-order valence-corrected chi connectivity index (χ4v) is 3.35. The van der Waals surface area contributed by atoms with Crippen molar-refractivity contribution in [2.45, 2.75) is 32.7 Å². The Kier molecular flexibility index (Phi) is 7.06. The quantitative estimate of drug-likeness (QED) is 0.800. The van der Waals surface area contributed by atoms with Gasteiger partial charge in [0.1, 0.15) is 0 Å². The van der Waals surface area contributed by atoms with E-state index in [1.54, 1.807) is 0 Å². The third-order valence-electron chi connectivity index (χ3n) is 4.24. The number of piperidine rings is 1. The van der Waals surface area contributed by atoms with Crippen molar-refractivity contribution in [1.29, 1.82) is 0 Å². The molecule has 0 saturated carbocycles. The number of ether oxygens (including phenoxy) is 1. The van der Waals surface area contributed by atoms with E-state index in [2.05, 4.69) is 5.32 Å². The number of carbonyl (C=O) groups excluding carboxylic acids is 2. The Bertz CT molecular complexity index is 579. The van der Waals surface area contributed by atoms with Gasteiger partial charge in [-0.05, 0) is 44.9 Å². The standard InChI is InChI=1S/C18H25ClN2O3/c1-3-24-18(23)14-7-6-10-21(11-14)12-17(22)20-13(2)15-8-4-5-9-16(15)19/h4-5,8-9,13-14H,3,6-7,10-12H2,1-2H3,(H,20,22). The number of likely N-dealkylation sites (tertiary alicyclic amines) is 1. The van der Waals surface area contributed by atoms with Crippen LogP contribution in [0.4, 0.5) is 0 Å². The number of nitrogens with zero attached hydrogens (tertiary/aromatic N) is 1. The summed E-state index contributed by atoms with van der Waals surface area (Å²) in [6, 6.07) is 7.33. The van der Waals surface area contributed by atoms with Gasteiger partial charge in [-0.1, -0.05) is 29.8 Å². The summed E-state index contributed by atoms with van der Waals surface area (Å²) in [5.41, 5.74) is 0.899. The Morgan fingerprint density at radius 1 is 1.42 bits per heavy atom. The molecule has 2 rings (SSSR count). The number of halogens is 1. The molecule has 0 bridgehead atoms. The maximum Gasteiger partial charge on any atom is 0.310 e. The number of rotatable bonds is 6. The molecule has 0 radical (unpaired) electrons. The first-order valence-electron chi connectivity index (χ1n) is 8.44. The summed E-state index contributed by atoms with van der Waals surface area (Å²) >= 11 is 6.16. The molecular weight excluding hydrogens is 328 g/mol. The highest BCUT2D eigenvalue weighted by Gasteiger charge is 2.28. The summed E-state index contributed by atoms with van der Waals surface area (Å²) in [5.74, 6) is -0.355. The predicted molar refractivity (Wildman–Crippen MR) is 93.8 cm³/mol. The minimum absolute atomic E-state index is 0.0630. The van der Waals surface area contributed by atoms with Gasteiger partial charge in [0.2, 0.25) is 5.91 Å². The Morgan fingerprint density at radius 3 is 2.88 bits per heavy atom. The largest absolute Gasteiger partial charge is 0.466 e. The first kappa shape index (κ1) is 18.7. The van der Waals surface area contributed by atoms with E-state index in [0.717, 1.165) is 24.9 Å². The topological polar surface area (TPSA) is 58.6 Å². The molecule has 2 atom stereocenters. The van der Waals surface area contributed by atoms with Crippen LogP contribution < -0.4 is 5.32 Å². The molecular formula is C18H25ClN2O3. The van der Waals surface area contributed by atoms with Crippen LogP contribution in [0.2, 0.25) is 5.02 Å². The summed E-state index contributed by atoms with van der Waals surface area (Å²) in [7, 11) is 0. The average Bonchev–Trinajstić information content (AvgIpc) is 2.55. The Balaban J connectivity index is 1.85. The maximum absolute atomic E-state index is 12.3. The highest BCUT2D eigenvalue weighted by atomic mass is 35.5. The molecule has 1 N–H and O–H groups in total. The molecule has 6 heteroatoms. The molecule has 1 saturated heterocycles. The fourth-order valence-electron chi connectivity index (χ4n) is 3.05. The number of nitrogens with one attached hydrogen (secondary N) is 1. The minimum atomic E-state index is -0.160. The van der Waals surface area contributed by atoms with Crippen molar-refractivity contribution in [2.24, 2.45) is 5.92 Å². The molecule has 24 heavy (non-hydrogen) atoms. The van der Waals surface area contributed by atoms with Gasteiger partial charge in [0.25, 0.3) is 0 Å². The lowest BCUT2D eigenvalue weighted by Crippen LogP contribution is -2.45. The molecule has 5 nitrogen and oxygen atoms in total. The van der Waals surface area contributed by atoms with Crippen molar-refractivity contribution >= 4 is 23.5 Å². The molecule has 132 valence electrons. The lowest BCUT2D eigenvalue weighted by molar-refractivity contribution is -0.150. The van der Waals surface area contributed by atoms with E-state index >= 15 is 0 Å². The second-order valence-electron chi connectivity index (χ2n) is 6.14. The molecule has 1 aliphatic rings. The Labute approximate surface area is 148 Å². The van der Waals surface area contributed by atoms with Crippen LogP contribution in [-0.2, 0) is 14.3 Å². The van der Waals surface area contributed by atoms with Gasteiger partial charge in [0, 0.05) is 11.6 Å². The second kappa shape index (κ2) is 9.04. The van der Waals surface area contributed by atoms with Gasteiger partial charge >= 0.3 is 5.97 Å². The van der Waals surface area contributed by atoms with Crippen LogP contribution in [0.15, 0.2) is 24.3 Å². The van der Waals surface area contributed by atoms with Crippen molar-refractivity contribution in [3.05, 3.63) is 34.9 Å². The van der Waals surface area contributed by atoms with Crippen molar-refractivity contribution in [2.75, 3.05) is 26.2 Å². The fraction of sp³-hybridized carbons (Fsp3) is 0.556. The van der Waals surface area contributed by atoms with E-state index in [1.807, 2.05) is 43.0 Å². The summed E-state index contributed by atoms with van der Waals surface area (Å²) in [6.07, 6.45) is 1.73. The first-order valence-corrected chi connectivity index (χ1v) is 8.81. The predicted octanol–water partition coefficient (Wildman–Crippen LogP) is 2.79. The molecule has 1 amide bonds. The van der Waals surface area contributed by atoms with Crippen LogP contribution in [0.5, 0.6) is 0 Å². The van der Waals surface area contributed by atoms with Crippen LogP contribution in [0.25, 0.3) is 0 Å². The number of hydrogen-bond donors (Lipinski definition) is 1.